The Morgan fingerprint density at radius 3 is 2.58 bits per heavy atom. The largest absolute Gasteiger partial charge is 0.493 e. The van der Waals surface area contributed by atoms with E-state index in [2.05, 4.69) is 10.2 Å². The van der Waals surface area contributed by atoms with Gasteiger partial charge in [-0.2, -0.15) is 0 Å². The molecule has 0 aliphatic heterocycles. The molecule has 2 heterocycles. The molecule has 0 spiro atoms. The quantitative estimate of drug-likeness (QED) is 0.718. The minimum atomic E-state index is -0.105. The van der Waals surface area contributed by atoms with Crippen LogP contribution in [0.1, 0.15) is 25.7 Å². The summed E-state index contributed by atoms with van der Waals surface area (Å²) in [5.41, 5.74) is -0.105. The summed E-state index contributed by atoms with van der Waals surface area (Å²) in [5, 5.41) is 9.37. The highest BCUT2D eigenvalue weighted by atomic mass is 16.5. The van der Waals surface area contributed by atoms with E-state index in [4.69, 9.17) is 9.47 Å². The SMILES string of the molecule is COc1ccc2c(=O)n(Cc3nncn3C(C)C)ccc2c1OC. The molecule has 7 nitrogen and oxygen atoms in total. The van der Waals surface area contributed by atoms with Gasteiger partial charge in [0.15, 0.2) is 17.3 Å². The summed E-state index contributed by atoms with van der Waals surface area (Å²) in [6.07, 6.45) is 3.42. The average Bonchev–Trinajstić information content (AvgIpc) is 3.04. The Bertz CT molecular complexity index is 927. The van der Waals surface area contributed by atoms with Crippen molar-refractivity contribution in [2.75, 3.05) is 14.2 Å². The first-order chi connectivity index (χ1) is 11.6. The molecule has 2 aromatic heterocycles. The van der Waals surface area contributed by atoms with Gasteiger partial charge in [-0.05, 0) is 32.0 Å². The van der Waals surface area contributed by atoms with E-state index in [-0.39, 0.29) is 11.6 Å². The van der Waals surface area contributed by atoms with E-state index >= 15 is 0 Å². The van der Waals surface area contributed by atoms with Crippen LogP contribution in [0.4, 0.5) is 0 Å². The molecular weight excluding hydrogens is 308 g/mol. The molecule has 3 rings (SSSR count). The molecule has 0 aliphatic rings. The maximum atomic E-state index is 12.8. The average molecular weight is 328 g/mol. The van der Waals surface area contributed by atoms with Crippen molar-refractivity contribution in [3.05, 3.63) is 46.9 Å². The second-order valence-electron chi connectivity index (χ2n) is 5.76. The van der Waals surface area contributed by atoms with Crippen molar-refractivity contribution < 1.29 is 9.47 Å². The first-order valence-electron chi connectivity index (χ1n) is 7.69. The van der Waals surface area contributed by atoms with Gasteiger partial charge >= 0.3 is 0 Å². The van der Waals surface area contributed by atoms with Gasteiger partial charge < -0.3 is 18.6 Å². The monoisotopic (exact) mass is 328 g/mol. The number of pyridine rings is 1. The van der Waals surface area contributed by atoms with E-state index in [0.717, 1.165) is 11.2 Å². The van der Waals surface area contributed by atoms with Crippen molar-refractivity contribution in [1.82, 2.24) is 19.3 Å². The van der Waals surface area contributed by atoms with Gasteiger partial charge in [0.1, 0.15) is 6.33 Å². The van der Waals surface area contributed by atoms with E-state index in [1.807, 2.05) is 24.5 Å². The number of nitrogens with zero attached hydrogens (tertiary/aromatic N) is 4. The summed E-state index contributed by atoms with van der Waals surface area (Å²) in [4.78, 5) is 12.8. The standard InChI is InChI=1S/C17H20N4O3/c1-11(2)21-10-18-19-15(21)9-20-8-7-12-13(17(20)22)5-6-14(23-3)16(12)24-4/h5-8,10-11H,9H2,1-4H3. The number of aromatic nitrogens is 4. The molecule has 0 fully saturated rings. The van der Waals surface area contributed by atoms with Crippen LogP contribution >= 0.6 is 0 Å². The van der Waals surface area contributed by atoms with Crippen LogP contribution in [-0.2, 0) is 6.54 Å². The lowest BCUT2D eigenvalue weighted by Crippen LogP contribution is -2.22. The molecule has 0 unspecified atom stereocenters. The molecule has 0 aliphatic carbocycles. The molecule has 24 heavy (non-hydrogen) atoms. The van der Waals surface area contributed by atoms with E-state index < -0.39 is 0 Å². The summed E-state index contributed by atoms with van der Waals surface area (Å²) in [7, 11) is 3.14. The van der Waals surface area contributed by atoms with Crippen LogP contribution in [0.3, 0.4) is 0 Å². The fraction of sp³-hybridized carbons (Fsp3) is 0.353. The normalized spacial score (nSPS) is 11.2. The third-order valence-electron chi connectivity index (χ3n) is 4.01. The van der Waals surface area contributed by atoms with Gasteiger partial charge in [0.25, 0.3) is 5.56 Å². The molecule has 7 heteroatoms. The van der Waals surface area contributed by atoms with Crippen LogP contribution in [0.2, 0.25) is 0 Å². The molecule has 3 aromatic rings. The number of fused-ring (bicyclic) bond motifs is 1. The van der Waals surface area contributed by atoms with Crippen molar-refractivity contribution in [1.29, 1.82) is 0 Å². The van der Waals surface area contributed by atoms with Gasteiger partial charge in [-0.1, -0.05) is 0 Å². The summed E-state index contributed by atoms with van der Waals surface area (Å²) >= 11 is 0. The minimum absolute atomic E-state index is 0.105. The minimum Gasteiger partial charge on any atom is -0.493 e. The van der Waals surface area contributed by atoms with Gasteiger partial charge in [-0.3, -0.25) is 4.79 Å². The molecule has 0 saturated carbocycles. The van der Waals surface area contributed by atoms with E-state index in [1.54, 1.807) is 43.4 Å². The number of hydrogen-bond acceptors (Lipinski definition) is 5. The maximum Gasteiger partial charge on any atom is 0.258 e. The fourth-order valence-corrected chi connectivity index (χ4v) is 2.78. The van der Waals surface area contributed by atoms with Crippen molar-refractivity contribution in [3.8, 4) is 11.5 Å². The number of methoxy groups -OCH3 is 2. The van der Waals surface area contributed by atoms with Gasteiger partial charge in [0.05, 0.1) is 26.2 Å². The molecule has 0 saturated heterocycles. The predicted molar refractivity (Wildman–Crippen MR) is 90.8 cm³/mol. The highest BCUT2D eigenvalue weighted by Crippen LogP contribution is 2.33. The van der Waals surface area contributed by atoms with Crippen LogP contribution in [0.5, 0.6) is 11.5 Å². The van der Waals surface area contributed by atoms with E-state index in [0.29, 0.717) is 23.4 Å². The number of hydrogen-bond donors (Lipinski definition) is 0. The smallest absolute Gasteiger partial charge is 0.258 e. The van der Waals surface area contributed by atoms with Crippen LogP contribution in [0.25, 0.3) is 10.8 Å². The Morgan fingerprint density at radius 1 is 1.12 bits per heavy atom. The van der Waals surface area contributed by atoms with Gasteiger partial charge in [-0.15, -0.1) is 10.2 Å². The Kier molecular flexibility index (Phi) is 4.24. The van der Waals surface area contributed by atoms with Crippen molar-refractivity contribution >= 4 is 10.8 Å². The second-order valence-corrected chi connectivity index (χ2v) is 5.76. The number of ether oxygens (including phenoxy) is 2. The predicted octanol–water partition coefficient (Wildman–Crippen LogP) is 2.24. The van der Waals surface area contributed by atoms with Crippen LogP contribution in [0.15, 0.2) is 35.5 Å². The zero-order valence-corrected chi connectivity index (χ0v) is 14.2. The summed E-state index contributed by atoms with van der Waals surface area (Å²) < 4.78 is 14.3. The first kappa shape index (κ1) is 16.0. The van der Waals surface area contributed by atoms with Crippen molar-refractivity contribution in [2.45, 2.75) is 26.4 Å². The van der Waals surface area contributed by atoms with E-state index in [9.17, 15) is 4.79 Å². The van der Waals surface area contributed by atoms with Crippen LogP contribution < -0.4 is 15.0 Å². The Morgan fingerprint density at radius 2 is 1.92 bits per heavy atom. The number of rotatable bonds is 5. The highest BCUT2D eigenvalue weighted by molar-refractivity contribution is 5.90. The van der Waals surface area contributed by atoms with Gasteiger partial charge in [0, 0.05) is 17.6 Å². The van der Waals surface area contributed by atoms with Crippen molar-refractivity contribution in [2.24, 2.45) is 0 Å². The summed E-state index contributed by atoms with van der Waals surface area (Å²) in [6, 6.07) is 5.58. The van der Waals surface area contributed by atoms with Crippen LogP contribution in [0, 0.1) is 0 Å². The molecule has 1 aromatic carbocycles. The molecule has 0 amide bonds. The first-order valence-corrected chi connectivity index (χ1v) is 7.69. The molecule has 0 N–H and O–H groups in total. The Balaban J connectivity index is 2.10. The lowest BCUT2D eigenvalue weighted by molar-refractivity contribution is 0.358. The molecule has 0 atom stereocenters. The molecular formula is C17H20N4O3. The lowest BCUT2D eigenvalue weighted by Gasteiger charge is -2.13. The topological polar surface area (TPSA) is 71.2 Å². The second kappa shape index (κ2) is 6.35. The molecule has 126 valence electrons. The maximum absolute atomic E-state index is 12.8. The zero-order chi connectivity index (χ0) is 17.3. The molecule has 0 bridgehead atoms. The highest BCUT2D eigenvalue weighted by Gasteiger charge is 2.14. The van der Waals surface area contributed by atoms with E-state index in [1.165, 1.54) is 0 Å². The van der Waals surface area contributed by atoms with Crippen molar-refractivity contribution in [3.63, 3.8) is 0 Å². The Hall–Kier alpha value is -2.83. The zero-order valence-electron chi connectivity index (χ0n) is 14.2. The summed E-state index contributed by atoms with van der Waals surface area (Å²) in [5.74, 6) is 1.90. The number of benzene rings is 1. The van der Waals surface area contributed by atoms with Gasteiger partial charge in [0.2, 0.25) is 0 Å². The third-order valence-corrected chi connectivity index (χ3v) is 4.01. The Labute approximate surface area is 139 Å². The fourth-order valence-electron chi connectivity index (χ4n) is 2.78. The molecule has 0 radical (unpaired) electrons. The lowest BCUT2D eigenvalue weighted by atomic mass is 10.1. The third kappa shape index (κ3) is 2.62. The summed E-state index contributed by atoms with van der Waals surface area (Å²) in [6.45, 7) is 4.46. The van der Waals surface area contributed by atoms with Crippen LogP contribution in [-0.4, -0.2) is 33.6 Å². The van der Waals surface area contributed by atoms with Gasteiger partial charge in [-0.25, -0.2) is 0 Å².